The number of furan rings is 1. The van der Waals surface area contributed by atoms with Gasteiger partial charge in [0.05, 0.1) is 11.8 Å². The van der Waals surface area contributed by atoms with Gasteiger partial charge in [0.1, 0.15) is 18.1 Å². The number of hydrogen-bond donors (Lipinski definition) is 1. The van der Waals surface area contributed by atoms with E-state index < -0.39 is 0 Å². The standard InChI is InChI=1S/C20H17N3O4/c24-20(22-9-7-15-4-2-10-25-15)19-12-17(27-23-19)13-26-16-5-6-18-14(11-16)3-1-8-21-18/h1-6,8,10-12H,7,9,13H2,(H,22,24). The molecule has 1 amide bonds. The Bertz CT molecular complexity index is 1040. The molecule has 0 aliphatic rings. The molecular weight excluding hydrogens is 346 g/mol. The predicted octanol–water partition coefficient (Wildman–Crippen LogP) is 3.37. The van der Waals surface area contributed by atoms with Crippen molar-refractivity contribution in [3.05, 3.63) is 78.2 Å². The second-order valence-electron chi connectivity index (χ2n) is 5.91. The molecule has 0 atom stereocenters. The van der Waals surface area contributed by atoms with E-state index in [2.05, 4.69) is 15.5 Å². The van der Waals surface area contributed by atoms with Crippen molar-refractivity contribution in [3.63, 3.8) is 0 Å². The molecule has 0 radical (unpaired) electrons. The molecule has 1 aromatic carbocycles. The van der Waals surface area contributed by atoms with Gasteiger partial charge in [0.2, 0.25) is 0 Å². The number of benzene rings is 1. The van der Waals surface area contributed by atoms with Crippen LogP contribution < -0.4 is 10.1 Å². The highest BCUT2D eigenvalue weighted by Crippen LogP contribution is 2.20. The minimum atomic E-state index is -0.298. The summed E-state index contributed by atoms with van der Waals surface area (Å²) >= 11 is 0. The highest BCUT2D eigenvalue weighted by Gasteiger charge is 2.13. The Morgan fingerprint density at radius 3 is 2.96 bits per heavy atom. The molecule has 0 aliphatic heterocycles. The van der Waals surface area contributed by atoms with Crippen LogP contribution in [0.5, 0.6) is 5.75 Å². The van der Waals surface area contributed by atoms with Gasteiger partial charge < -0.3 is 19.0 Å². The fourth-order valence-corrected chi connectivity index (χ4v) is 2.63. The monoisotopic (exact) mass is 363 g/mol. The Balaban J connectivity index is 1.31. The Hall–Kier alpha value is -3.61. The van der Waals surface area contributed by atoms with Crippen molar-refractivity contribution in [3.8, 4) is 5.75 Å². The number of aromatic nitrogens is 2. The summed E-state index contributed by atoms with van der Waals surface area (Å²) in [6.45, 7) is 0.634. The van der Waals surface area contributed by atoms with Crippen LogP contribution in [-0.4, -0.2) is 22.6 Å². The summed E-state index contributed by atoms with van der Waals surface area (Å²) in [4.78, 5) is 16.4. The van der Waals surface area contributed by atoms with Gasteiger partial charge in [-0.2, -0.15) is 0 Å². The molecule has 27 heavy (non-hydrogen) atoms. The molecule has 4 aromatic rings. The first-order valence-electron chi connectivity index (χ1n) is 8.52. The fraction of sp³-hybridized carbons (Fsp3) is 0.150. The van der Waals surface area contributed by atoms with E-state index in [1.54, 1.807) is 18.5 Å². The zero-order valence-electron chi connectivity index (χ0n) is 14.4. The third-order valence-corrected chi connectivity index (χ3v) is 3.98. The summed E-state index contributed by atoms with van der Waals surface area (Å²) in [5, 5.41) is 7.56. The molecule has 3 aromatic heterocycles. The number of rotatable bonds is 7. The molecular formula is C20H17N3O4. The molecule has 0 bridgehead atoms. The van der Waals surface area contributed by atoms with Gasteiger partial charge in [-0.25, -0.2) is 0 Å². The van der Waals surface area contributed by atoms with Gasteiger partial charge in [0.25, 0.3) is 5.91 Å². The van der Waals surface area contributed by atoms with Gasteiger partial charge in [-0.05, 0) is 36.4 Å². The molecule has 136 valence electrons. The summed E-state index contributed by atoms with van der Waals surface area (Å²) in [6.07, 6.45) is 3.97. The number of ether oxygens (including phenoxy) is 1. The SMILES string of the molecule is O=C(NCCc1ccco1)c1cc(COc2ccc3ncccc3c2)on1. The number of amides is 1. The van der Waals surface area contributed by atoms with Crippen molar-refractivity contribution < 1.29 is 18.5 Å². The van der Waals surface area contributed by atoms with Gasteiger partial charge >= 0.3 is 0 Å². The van der Waals surface area contributed by atoms with Crippen LogP contribution in [0.4, 0.5) is 0 Å². The van der Waals surface area contributed by atoms with Crippen LogP contribution in [0, 0.1) is 0 Å². The molecule has 0 spiro atoms. The molecule has 7 heteroatoms. The maximum absolute atomic E-state index is 12.1. The summed E-state index contributed by atoms with van der Waals surface area (Å²) in [6, 6.07) is 14.7. The first kappa shape index (κ1) is 16.8. The average molecular weight is 363 g/mol. The molecule has 0 unspecified atom stereocenters. The molecule has 0 fully saturated rings. The van der Waals surface area contributed by atoms with E-state index in [9.17, 15) is 4.79 Å². The quantitative estimate of drug-likeness (QED) is 0.541. The Morgan fingerprint density at radius 2 is 2.07 bits per heavy atom. The average Bonchev–Trinajstić information content (AvgIpc) is 3.38. The first-order valence-corrected chi connectivity index (χ1v) is 8.52. The van der Waals surface area contributed by atoms with Crippen LogP contribution >= 0.6 is 0 Å². The van der Waals surface area contributed by atoms with Gasteiger partial charge in [0, 0.05) is 30.6 Å². The minimum Gasteiger partial charge on any atom is -0.486 e. The number of nitrogens with zero attached hydrogens (tertiary/aromatic N) is 2. The summed E-state index contributed by atoms with van der Waals surface area (Å²) < 4.78 is 16.1. The molecule has 7 nitrogen and oxygen atoms in total. The predicted molar refractivity (Wildman–Crippen MR) is 97.3 cm³/mol. The second kappa shape index (κ2) is 7.74. The number of carbonyl (C=O) groups excluding carboxylic acids is 1. The van der Waals surface area contributed by atoms with Crippen LogP contribution in [0.25, 0.3) is 10.9 Å². The van der Waals surface area contributed by atoms with Crippen LogP contribution in [0.2, 0.25) is 0 Å². The third-order valence-electron chi connectivity index (χ3n) is 3.98. The van der Waals surface area contributed by atoms with Crippen LogP contribution in [-0.2, 0) is 13.0 Å². The summed E-state index contributed by atoms with van der Waals surface area (Å²) in [5.74, 6) is 1.68. The smallest absolute Gasteiger partial charge is 0.273 e. The van der Waals surface area contributed by atoms with Crippen LogP contribution in [0.15, 0.2) is 69.9 Å². The number of pyridine rings is 1. The van der Waals surface area contributed by atoms with E-state index in [0.717, 1.165) is 16.7 Å². The summed E-state index contributed by atoms with van der Waals surface area (Å²) in [7, 11) is 0. The number of hydrogen-bond acceptors (Lipinski definition) is 6. The molecule has 1 N–H and O–H groups in total. The van der Waals surface area contributed by atoms with Gasteiger partial charge in [-0.3, -0.25) is 9.78 Å². The molecule has 4 rings (SSSR count). The van der Waals surface area contributed by atoms with Gasteiger partial charge in [-0.1, -0.05) is 11.2 Å². The van der Waals surface area contributed by atoms with Gasteiger partial charge in [0.15, 0.2) is 11.5 Å². The lowest BCUT2D eigenvalue weighted by Crippen LogP contribution is -2.25. The maximum atomic E-state index is 12.1. The van der Waals surface area contributed by atoms with Crippen molar-refractivity contribution in [2.75, 3.05) is 6.54 Å². The Morgan fingerprint density at radius 1 is 1.11 bits per heavy atom. The van der Waals surface area contributed by atoms with Crippen molar-refractivity contribution in [2.45, 2.75) is 13.0 Å². The largest absolute Gasteiger partial charge is 0.486 e. The highest BCUT2D eigenvalue weighted by molar-refractivity contribution is 5.92. The number of nitrogens with one attached hydrogen (secondary N) is 1. The molecule has 0 saturated heterocycles. The van der Waals surface area contributed by atoms with Crippen LogP contribution in [0.3, 0.4) is 0 Å². The second-order valence-corrected chi connectivity index (χ2v) is 5.91. The molecule has 0 aliphatic carbocycles. The van der Waals surface area contributed by atoms with E-state index in [-0.39, 0.29) is 18.2 Å². The van der Waals surface area contributed by atoms with Gasteiger partial charge in [-0.15, -0.1) is 0 Å². The molecule has 0 saturated carbocycles. The number of fused-ring (bicyclic) bond motifs is 1. The minimum absolute atomic E-state index is 0.179. The van der Waals surface area contributed by atoms with E-state index in [1.165, 1.54) is 0 Å². The maximum Gasteiger partial charge on any atom is 0.273 e. The van der Waals surface area contributed by atoms with Crippen molar-refractivity contribution in [1.82, 2.24) is 15.5 Å². The topological polar surface area (TPSA) is 90.4 Å². The zero-order valence-corrected chi connectivity index (χ0v) is 14.4. The van der Waals surface area contributed by atoms with Crippen LogP contribution in [0.1, 0.15) is 22.0 Å². The number of carbonyl (C=O) groups is 1. The lowest BCUT2D eigenvalue weighted by Gasteiger charge is -2.04. The van der Waals surface area contributed by atoms with Crippen molar-refractivity contribution in [1.29, 1.82) is 0 Å². The van der Waals surface area contributed by atoms with Crippen molar-refractivity contribution in [2.24, 2.45) is 0 Å². The van der Waals surface area contributed by atoms with E-state index >= 15 is 0 Å². The summed E-state index contributed by atoms with van der Waals surface area (Å²) in [5.41, 5.74) is 1.12. The van der Waals surface area contributed by atoms with E-state index in [0.29, 0.717) is 24.5 Å². The van der Waals surface area contributed by atoms with E-state index in [1.807, 2.05) is 42.5 Å². The van der Waals surface area contributed by atoms with Crippen molar-refractivity contribution >= 4 is 16.8 Å². The fourth-order valence-electron chi connectivity index (χ4n) is 2.63. The lowest BCUT2D eigenvalue weighted by molar-refractivity contribution is 0.0944. The first-order chi connectivity index (χ1) is 13.3. The lowest BCUT2D eigenvalue weighted by atomic mass is 10.2. The Kier molecular flexibility index (Phi) is 4.82. The molecule has 3 heterocycles. The third kappa shape index (κ3) is 4.14. The Labute approximate surface area is 154 Å². The normalized spacial score (nSPS) is 10.8. The zero-order chi connectivity index (χ0) is 18.5. The van der Waals surface area contributed by atoms with E-state index in [4.69, 9.17) is 13.7 Å². The highest BCUT2D eigenvalue weighted by atomic mass is 16.5.